The number of methoxy groups -OCH3 is 1. The normalized spacial score (nSPS) is 12.2. The van der Waals surface area contributed by atoms with Gasteiger partial charge in [0.15, 0.2) is 0 Å². The minimum Gasteiger partial charge on any atom is -0.385 e. The molecule has 1 aromatic heterocycles. The molecule has 1 aromatic rings. The molecule has 7 heteroatoms. The van der Waals surface area contributed by atoms with Gasteiger partial charge in [0.25, 0.3) is 0 Å². The second kappa shape index (κ2) is 7.64. The van der Waals surface area contributed by atoms with Crippen molar-refractivity contribution in [1.29, 1.82) is 0 Å². The van der Waals surface area contributed by atoms with Crippen molar-refractivity contribution in [1.82, 2.24) is 15.0 Å². The molecule has 19 heavy (non-hydrogen) atoms. The van der Waals surface area contributed by atoms with E-state index in [1.807, 2.05) is 13.8 Å². The summed E-state index contributed by atoms with van der Waals surface area (Å²) in [5.74, 6) is 0. The third-order valence-electron chi connectivity index (χ3n) is 2.54. The van der Waals surface area contributed by atoms with Gasteiger partial charge in [0.1, 0.15) is 0 Å². The topological polar surface area (TPSA) is 83.2 Å². The second-order valence-electron chi connectivity index (χ2n) is 4.64. The molecular formula is C12H23N3O3S. The zero-order valence-corrected chi connectivity index (χ0v) is 12.5. The van der Waals surface area contributed by atoms with Gasteiger partial charge in [-0.05, 0) is 12.5 Å². The highest BCUT2D eigenvalue weighted by atomic mass is 32.2. The van der Waals surface area contributed by atoms with Crippen LogP contribution >= 0.6 is 0 Å². The van der Waals surface area contributed by atoms with Crippen LogP contribution in [0.2, 0.25) is 0 Å². The fourth-order valence-corrected chi connectivity index (χ4v) is 2.59. The number of aromatic amines is 1. The standard InChI is InChI=1S/C12H23N3O3S/c1-10(2)13-8-11-7-12(9-14-11)19(16,17)15-5-4-6-18-3/h7,9-10,13-15H,4-6,8H2,1-3H3. The Kier molecular flexibility index (Phi) is 6.50. The van der Waals surface area contributed by atoms with Crippen LogP contribution in [-0.4, -0.2) is 39.7 Å². The SMILES string of the molecule is COCCCNS(=O)(=O)c1c[nH]c(CNC(C)C)c1. The summed E-state index contributed by atoms with van der Waals surface area (Å²) >= 11 is 0. The van der Waals surface area contributed by atoms with E-state index >= 15 is 0 Å². The van der Waals surface area contributed by atoms with Gasteiger partial charge in [-0.1, -0.05) is 13.8 Å². The monoisotopic (exact) mass is 289 g/mol. The molecule has 0 aliphatic heterocycles. The maximum atomic E-state index is 12.0. The predicted molar refractivity (Wildman–Crippen MR) is 74.4 cm³/mol. The Morgan fingerprint density at radius 3 is 2.79 bits per heavy atom. The average molecular weight is 289 g/mol. The first-order valence-corrected chi connectivity index (χ1v) is 7.83. The largest absolute Gasteiger partial charge is 0.385 e. The number of ether oxygens (including phenoxy) is 1. The van der Waals surface area contributed by atoms with E-state index in [0.29, 0.717) is 32.2 Å². The van der Waals surface area contributed by atoms with Crippen molar-refractivity contribution in [2.75, 3.05) is 20.3 Å². The van der Waals surface area contributed by atoms with Crippen molar-refractivity contribution in [3.63, 3.8) is 0 Å². The fraction of sp³-hybridized carbons (Fsp3) is 0.667. The fourth-order valence-electron chi connectivity index (χ4n) is 1.50. The van der Waals surface area contributed by atoms with Crippen molar-refractivity contribution in [3.05, 3.63) is 18.0 Å². The molecule has 1 heterocycles. The molecule has 1 rings (SSSR count). The van der Waals surface area contributed by atoms with Crippen LogP contribution in [-0.2, 0) is 21.3 Å². The lowest BCUT2D eigenvalue weighted by molar-refractivity contribution is 0.196. The third kappa shape index (κ3) is 5.73. The molecule has 110 valence electrons. The van der Waals surface area contributed by atoms with Crippen molar-refractivity contribution < 1.29 is 13.2 Å². The summed E-state index contributed by atoms with van der Waals surface area (Å²) in [6, 6.07) is 2.00. The maximum absolute atomic E-state index is 12.0. The molecule has 0 saturated heterocycles. The molecule has 0 aliphatic carbocycles. The van der Waals surface area contributed by atoms with Crippen molar-refractivity contribution in [3.8, 4) is 0 Å². The molecule has 0 bridgehead atoms. The van der Waals surface area contributed by atoms with Gasteiger partial charge in [-0.25, -0.2) is 13.1 Å². The molecule has 0 amide bonds. The number of sulfonamides is 1. The van der Waals surface area contributed by atoms with Gasteiger partial charge >= 0.3 is 0 Å². The Hall–Kier alpha value is -0.890. The second-order valence-corrected chi connectivity index (χ2v) is 6.41. The van der Waals surface area contributed by atoms with E-state index in [2.05, 4.69) is 15.0 Å². The van der Waals surface area contributed by atoms with Crippen LogP contribution < -0.4 is 10.0 Å². The summed E-state index contributed by atoms with van der Waals surface area (Å²) in [7, 11) is -1.83. The Bertz CT molecular complexity index is 468. The van der Waals surface area contributed by atoms with Gasteiger partial charge in [0.2, 0.25) is 10.0 Å². The lowest BCUT2D eigenvalue weighted by Crippen LogP contribution is -2.25. The number of hydrogen-bond acceptors (Lipinski definition) is 4. The van der Waals surface area contributed by atoms with Crippen LogP contribution in [0.1, 0.15) is 26.0 Å². The van der Waals surface area contributed by atoms with Crippen LogP contribution in [0.15, 0.2) is 17.2 Å². The molecule has 0 unspecified atom stereocenters. The number of H-pyrrole nitrogens is 1. The van der Waals surface area contributed by atoms with Gasteiger partial charge in [0, 0.05) is 44.7 Å². The molecule has 0 atom stereocenters. The maximum Gasteiger partial charge on any atom is 0.242 e. The number of aromatic nitrogens is 1. The predicted octanol–water partition coefficient (Wildman–Crippen LogP) is 0.828. The average Bonchev–Trinajstić information content (AvgIpc) is 2.82. The van der Waals surface area contributed by atoms with E-state index in [0.717, 1.165) is 5.69 Å². The van der Waals surface area contributed by atoms with E-state index in [9.17, 15) is 8.42 Å². The molecule has 0 fully saturated rings. The van der Waals surface area contributed by atoms with Gasteiger partial charge in [-0.15, -0.1) is 0 Å². The van der Waals surface area contributed by atoms with E-state index in [-0.39, 0.29) is 4.90 Å². The van der Waals surface area contributed by atoms with Crippen LogP contribution in [0.5, 0.6) is 0 Å². The lowest BCUT2D eigenvalue weighted by Gasteiger charge is -2.05. The molecule has 0 aromatic carbocycles. The Morgan fingerprint density at radius 1 is 1.42 bits per heavy atom. The lowest BCUT2D eigenvalue weighted by atomic mass is 10.3. The van der Waals surface area contributed by atoms with E-state index in [4.69, 9.17) is 4.74 Å². The first kappa shape index (κ1) is 16.2. The zero-order chi connectivity index (χ0) is 14.3. The van der Waals surface area contributed by atoms with Crippen LogP contribution in [0.25, 0.3) is 0 Å². The highest BCUT2D eigenvalue weighted by Gasteiger charge is 2.15. The summed E-state index contributed by atoms with van der Waals surface area (Å²) in [5, 5.41) is 3.22. The van der Waals surface area contributed by atoms with Crippen LogP contribution in [0.4, 0.5) is 0 Å². The van der Waals surface area contributed by atoms with Crippen LogP contribution in [0, 0.1) is 0 Å². The quantitative estimate of drug-likeness (QED) is 0.588. The molecule has 6 nitrogen and oxygen atoms in total. The smallest absolute Gasteiger partial charge is 0.242 e. The van der Waals surface area contributed by atoms with Gasteiger partial charge in [-0.3, -0.25) is 0 Å². The van der Waals surface area contributed by atoms with E-state index in [1.54, 1.807) is 13.2 Å². The highest BCUT2D eigenvalue weighted by molar-refractivity contribution is 7.89. The number of rotatable bonds is 9. The van der Waals surface area contributed by atoms with Crippen molar-refractivity contribution in [2.24, 2.45) is 0 Å². The first-order valence-electron chi connectivity index (χ1n) is 6.35. The third-order valence-corrected chi connectivity index (χ3v) is 3.99. The first-order chi connectivity index (χ1) is 8.95. The van der Waals surface area contributed by atoms with Gasteiger partial charge in [0.05, 0.1) is 4.90 Å². The van der Waals surface area contributed by atoms with Gasteiger partial charge in [-0.2, -0.15) is 0 Å². The van der Waals surface area contributed by atoms with Gasteiger partial charge < -0.3 is 15.0 Å². The minimum atomic E-state index is -3.42. The molecule has 0 saturated carbocycles. The summed E-state index contributed by atoms with van der Waals surface area (Å²) < 4.78 is 31.3. The Labute approximate surface area is 115 Å². The van der Waals surface area contributed by atoms with E-state index in [1.165, 1.54) is 6.20 Å². The minimum absolute atomic E-state index is 0.269. The summed E-state index contributed by atoms with van der Waals surface area (Å²) in [5.41, 5.74) is 0.853. The van der Waals surface area contributed by atoms with Crippen molar-refractivity contribution in [2.45, 2.75) is 37.8 Å². The number of hydrogen-bond donors (Lipinski definition) is 3. The summed E-state index contributed by atoms with van der Waals surface area (Å²) in [6.45, 7) is 5.62. The zero-order valence-electron chi connectivity index (χ0n) is 11.7. The summed E-state index contributed by atoms with van der Waals surface area (Å²) in [6.07, 6.45) is 2.16. The van der Waals surface area contributed by atoms with E-state index < -0.39 is 10.0 Å². The Morgan fingerprint density at radius 2 is 2.16 bits per heavy atom. The van der Waals surface area contributed by atoms with Crippen LogP contribution in [0.3, 0.4) is 0 Å². The summed E-state index contributed by atoms with van der Waals surface area (Å²) in [4.78, 5) is 3.23. The number of nitrogens with one attached hydrogen (secondary N) is 3. The molecule has 3 N–H and O–H groups in total. The molecule has 0 aliphatic rings. The Balaban J connectivity index is 2.53. The molecule has 0 spiro atoms. The molecular weight excluding hydrogens is 266 g/mol. The van der Waals surface area contributed by atoms with Crippen molar-refractivity contribution >= 4 is 10.0 Å². The highest BCUT2D eigenvalue weighted by Crippen LogP contribution is 2.10. The molecule has 0 radical (unpaired) electrons.